The third kappa shape index (κ3) is 2.16. The van der Waals surface area contributed by atoms with Crippen molar-refractivity contribution in [3.8, 4) is 5.88 Å². The van der Waals surface area contributed by atoms with Gasteiger partial charge in [0.25, 0.3) is 0 Å². The maximum Gasteiger partial charge on any atom is 0.433 e. The van der Waals surface area contributed by atoms with Crippen molar-refractivity contribution in [1.82, 2.24) is 10.3 Å². The number of nitrogens with zero attached hydrogens (tertiary/aromatic N) is 1. The first kappa shape index (κ1) is 11.8. The van der Waals surface area contributed by atoms with E-state index in [1.165, 1.54) is 12.1 Å². The molecule has 0 radical (unpaired) electrons. The Morgan fingerprint density at radius 3 is 2.67 bits per heavy atom. The highest BCUT2D eigenvalue weighted by molar-refractivity contribution is 5.18. The molecule has 1 aromatic heterocycles. The lowest BCUT2D eigenvalue weighted by Gasteiger charge is -2.10. The first-order valence-corrected chi connectivity index (χ1v) is 5.93. The smallest absolute Gasteiger partial charge is 0.433 e. The Kier molecular flexibility index (Phi) is 2.69. The molecule has 3 nitrogen and oxygen atoms in total. The van der Waals surface area contributed by atoms with Crippen LogP contribution >= 0.6 is 0 Å². The van der Waals surface area contributed by atoms with Crippen LogP contribution in [-0.4, -0.2) is 24.7 Å². The van der Waals surface area contributed by atoms with Crippen LogP contribution in [0.15, 0.2) is 18.2 Å². The van der Waals surface area contributed by atoms with E-state index in [4.69, 9.17) is 4.74 Å². The fourth-order valence-electron chi connectivity index (χ4n) is 2.63. The molecule has 1 saturated heterocycles. The molecule has 1 N–H and O–H groups in total. The SMILES string of the molecule is FC(F)(F)c1cccc(OC[C@@H]2[C@@H]3CNC[C@@H]32)n1. The van der Waals surface area contributed by atoms with Gasteiger partial charge < -0.3 is 10.1 Å². The number of piperidine rings is 1. The third-order valence-electron chi connectivity index (χ3n) is 3.71. The summed E-state index contributed by atoms with van der Waals surface area (Å²) in [6.07, 6.45) is -4.42. The summed E-state index contributed by atoms with van der Waals surface area (Å²) < 4.78 is 42.7. The highest BCUT2D eigenvalue weighted by atomic mass is 19.4. The van der Waals surface area contributed by atoms with E-state index in [1.54, 1.807) is 0 Å². The van der Waals surface area contributed by atoms with Crippen LogP contribution in [0.4, 0.5) is 13.2 Å². The molecule has 18 heavy (non-hydrogen) atoms. The van der Waals surface area contributed by atoms with Gasteiger partial charge in [-0.05, 0) is 31.0 Å². The van der Waals surface area contributed by atoms with Crippen LogP contribution in [0.5, 0.6) is 5.88 Å². The molecule has 1 aromatic rings. The third-order valence-corrected chi connectivity index (χ3v) is 3.71. The van der Waals surface area contributed by atoms with Crippen LogP contribution in [0.25, 0.3) is 0 Å². The first-order chi connectivity index (χ1) is 8.55. The van der Waals surface area contributed by atoms with Gasteiger partial charge >= 0.3 is 6.18 Å². The summed E-state index contributed by atoms with van der Waals surface area (Å²) in [5.74, 6) is 1.80. The van der Waals surface area contributed by atoms with Gasteiger partial charge in [0.1, 0.15) is 5.69 Å². The second-order valence-electron chi connectivity index (χ2n) is 4.82. The Hall–Kier alpha value is -1.30. The molecule has 6 heteroatoms. The van der Waals surface area contributed by atoms with E-state index in [1.807, 2.05) is 0 Å². The van der Waals surface area contributed by atoms with E-state index in [0.717, 1.165) is 19.2 Å². The number of nitrogens with one attached hydrogen (secondary N) is 1. The molecule has 2 fully saturated rings. The standard InChI is InChI=1S/C12H13F3N2O/c13-12(14,15)10-2-1-3-11(17-10)18-6-9-7-4-16-5-8(7)9/h1-3,7-9,16H,4-6H2/t7-,8+,9-. The van der Waals surface area contributed by atoms with Crippen LogP contribution in [0.2, 0.25) is 0 Å². The molecule has 0 aromatic carbocycles. The molecule has 2 heterocycles. The Morgan fingerprint density at radius 2 is 2.00 bits per heavy atom. The molecule has 1 saturated carbocycles. The first-order valence-electron chi connectivity index (χ1n) is 5.93. The van der Waals surface area contributed by atoms with Gasteiger partial charge in [0.2, 0.25) is 5.88 Å². The maximum atomic E-state index is 12.4. The highest BCUT2D eigenvalue weighted by Crippen LogP contribution is 2.48. The van der Waals surface area contributed by atoms with E-state index >= 15 is 0 Å². The molecule has 0 unspecified atom stereocenters. The Morgan fingerprint density at radius 1 is 1.28 bits per heavy atom. The average Bonchev–Trinajstić information content (AvgIpc) is 2.77. The van der Waals surface area contributed by atoms with Crippen LogP contribution in [0.3, 0.4) is 0 Å². The molecular weight excluding hydrogens is 245 g/mol. The molecular formula is C12H13F3N2O. The van der Waals surface area contributed by atoms with Crippen molar-refractivity contribution in [3.63, 3.8) is 0 Å². The predicted molar refractivity (Wildman–Crippen MR) is 58.1 cm³/mol. The topological polar surface area (TPSA) is 34.1 Å². The maximum absolute atomic E-state index is 12.4. The van der Waals surface area contributed by atoms with Crippen LogP contribution < -0.4 is 10.1 Å². The number of aromatic nitrogens is 1. The fourth-order valence-corrected chi connectivity index (χ4v) is 2.63. The number of hydrogen-bond donors (Lipinski definition) is 1. The molecule has 1 aliphatic heterocycles. The van der Waals surface area contributed by atoms with Crippen LogP contribution in [0.1, 0.15) is 5.69 Å². The fraction of sp³-hybridized carbons (Fsp3) is 0.583. The van der Waals surface area contributed by atoms with Gasteiger partial charge in [-0.3, -0.25) is 0 Å². The molecule has 1 aliphatic carbocycles. The summed E-state index contributed by atoms with van der Waals surface area (Å²) in [4.78, 5) is 3.47. The van der Waals surface area contributed by atoms with E-state index < -0.39 is 11.9 Å². The zero-order valence-electron chi connectivity index (χ0n) is 9.57. The van der Waals surface area contributed by atoms with E-state index in [2.05, 4.69) is 10.3 Å². The largest absolute Gasteiger partial charge is 0.477 e. The molecule has 3 atom stereocenters. The van der Waals surface area contributed by atoms with E-state index in [0.29, 0.717) is 24.4 Å². The van der Waals surface area contributed by atoms with Gasteiger partial charge in [0, 0.05) is 12.0 Å². The van der Waals surface area contributed by atoms with Gasteiger partial charge in [-0.15, -0.1) is 0 Å². The van der Waals surface area contributed by atoms with Gasteiger partial charge in [-0.2, -0.15) is 13.2 Å². The van der Waals surface area contributed by atoms with Crippen molar-refractivity contribution in [2.75, 3.05) is 19.7 Å². The molecule has 0 amide bonds. The van der Waals surface area contributed by atoms with Crippen molar-refractivity contribution < 1.29 is 17.9 Å². The van der Waals surface area contributed by atoms with Gasteiger partial charge in [0.15, 0.2) is 0 Å². The highest BCUT2D eigenvalue weighted by Gasteiger charge is 2.53. The Bertz CT molecular complexity index is 439. The Balaban J connectivity index is 1.60. The summed E-state index contributed by atoms with van der Waals surface area (Å²) in [6.45, 7) is 2.45. The summed E-state index contributed by atoms with van der Waals surface area (Å²) in [5, 5.41) is 3.26. The Labute approximate surface area is 102 Å². The summed E-state index contributed by atoms with van der Waals surface area (Å²) in [5.41, 5.74) is -0.905. The molecule has 98 valence electrons. The molecule has 0 bridgehead atoms. The van der Waals surface area contributed by atoms with Crippen molar-refractivity contribution >= 4 is 0 Å². The van der Waals surface area contributed by atoms with Crippen molar-refractivity contribution in [2.45, 2.75) is 6.18 Å². The lowest BCUT2D eigenvalue weighted by atomic mass is 10.3. The number of alkyl halides is 3. The molecule has 3 rings (SSSR count). The second kappa shape index (κ2) is 4.12. The minimum Gasteiger partial charge on any atom is -0.477 e. The van der Waals surface area contributed by atoms with E-state index in [-0.39, 0.29) is 5.88 Å². The van der Waals surface area contributed by atoms with Gasteiger partial charge in [-0.1, -0.05) is 6.07 Å². The zero-order chi connectivity index (χ0) is 12.8. The van der Waals surface area contributed by atoms with Crippen molar-refractivity contribution in [2.24, 2.45) is 17.8 Å². The van der Waals surface area contributed by atoms with Crippen molar-refractivity contribution in [3.05, 3.63) is 23.9 Å². The lowest BCUT2D eigenvalue weighted by molar-refractivity contribution is -0.141. The minimum atomic E-state index is -4.42. The number of halogens is 3. The van der Waals surface area contributed by atoms with Crippen LogP contribution in [0, 0.1) is 17.8 Å². The second-order valence-corrected chi connectivity index (χ2v) is 4.82. The summed E-state index contributed by atoms with van der Waals surface area (Å²) in [6, 6.07) is 3.73. The quantitative estimate of drug-likeness (QED) is 0.899. The minimum absolute atomic E-state index is 0.0581. The number of fused-ring (bicyclic) bond motifs is 1. The lowest BCUT2D eigenvalue weighted by Crippen LogP contribution is -2.18. The number of ether oxygens (including phenoxy) is 1. The van der Waals surface area contributed by atoms with Crippen LogP contribution in [-0.2, 0) is 6.18 Å². The predicted octanol–water partition coefficient (Wildman–Crippen LogP) is 1.94. The van der Waals surface area contributed by atoms with Gasteiger partial charge in [0.05, 0.1) is 6.61 Å². The average molecular weight is 258 g/mol. The molecule has 2 aliphatic rings. The zero-order valence-corrected chi connectivity index (χ0v) is 9.57. The van der Waals surface area contributed by atoms with E-state index in [9.17, 15) is 13.2 Å². The monoisotopic (exact) mass is 258 g/mol. The number of rotatable bonds is 3. The number of pyridine rings is 1. The number of hydrogen-bond acceptors (Lipinski definition) is 3. The molecule has 0 spiro atoms. The normalized spacial score (nSPS) is 30.1. The summed E-state index contributed by atoms with van der Waals surface area (Å²) in [7, 11) is 0. The van der Waals surface area contributed by atoms with Crippen molar-refractivity contribution in [1.29, 1.82) is 0 Å². The van der Waals surface area contributed by atoms with Gasteiger partial charge in [-0.25, -0.2) is 4.98 Å². The summed E-state index contributed by atoms with van der Waals surface area (Å²) >= 11 is 0.